The molecule has 8 nitrogen and oxygen atoms in total. The molecule has 2 unspecified atom stereocenters. The highest BCUT2D eigenvalue weighted by Gasteiger charge is 2.35. The molecule has 3 aromatic rings. The predicted octanol–water partition coefficient (Wildman–Crippen LogP) is 3.00. The van der Waals surface area contributed by atoms with Crippen LogP contribution in [0.4, 0.5) is 0 Å². The summed E-state index contributed by atoms with van der Waals surface area (Å²) < 4.78 is 5.49. The summed E-state index contributed by atoms with van der Waals surface area (Å²) in [7, 11) is 1.99. The number of nitrogens with zero attached hydrogens (tertiary/aromatic N) is 5. The number of carbonyl (C=O) groups excluding carboxylic acids is 1. The van der Waals surface area contributed by atoms with Crippen molar-refractivity contribution in [3.63, 3.8) is 0 Å². The SMILES string of the molecule is CN1CC(NC(=O)c2ccc(C(C)(C)C)cc2)CC1c1nc(-c2cncnc2)no1. The molecule has 1 amide bonds. The molecule has 0 spiro atoms. The van der Waals surface area contributed by atoms with Crippen LogP contribution in [0.5, 0.6) is 0 Å². The van der Waals surface area contributed by atoms with Crippen LogP contribution >= 0.6 is 0 Å². The minimum atomic E-state index is -0.0674. The Bertz CT molecular complexity index is 1010. The summed E-state index contributed by atoms with van der Waals surface area (Å²) in [4.78, 5) is 27.3. The van der Waals surface area contributed by atoms with Crippen LogP contribution in [0.3, 0.4) is 0 Å². The zero-order chi connectivity index (χ0) is 21.3. The van der Waals surface area contributed by atoms with E-state index in [0.29, 0.717) is 35.8 Å². The van der Waals surface area contributed by atoms with Gasteiger partial charge in [-0.25, -0.2) is 9.97 Å². The van der Waals surface area contributed by atoms with E-state index in [4.69, 9.17) is 4.52 Å². The Labute approximate surface area is 175 Å². The largest absolute Gasteiger partial charge is 0.348 e. The minimum Gasteiger partial charge on any atom is -0.348 e. The van der Waals surface area contributed by atoms with E-state index in [1.807, 2.05) is 31.3 Å². The van der Waals surface area contributed by atoms with Gasteiger partial charge in [-0.1, -0.05) is 38.1 Å². The van der Waals surface area contributed by atoms with Crippen molar-refractivity contribution >= 4 is 5.91 Å². The Hall–Kier alpha value is -3.13. The van der Waals surface area contributed by atoms with Crippen molar-refractivity contribution in [1.82, 2.24) is 30.3 Å². The molecule has 0 aliphatic carbocycles. The van der Waals surface area contributed by atoms with Crippen molar-refractivity contribution in [2.75, 3.05) is 13.6 Å². The molecule has 0 bridgehead atoms. The maximum Gasteiger partial charge on any atom is 0.251 e. The molecule has 1 N–H and O–H groups in total. The lowest BCUT2D eigenvalue weighted by molar-refractivity contribution is 0.0938. The van der Waals surface area contributed by atoms with Crippen LogP contribution in [0.15, 0.2) is 47.5 Å². The van der Waals surface area contributed by atoms with Crippen molar-refractivity contribution in [3.8, 4) is 11.4 Å². The first-order valence-corrected chi connectivity index (χ1v) is 10.0. The molecule has 30 heavy (non-hydrogen) atoms. The molecule has 2 aromatic heterocycles. The van der Waals surface area contributed by atoms with Crippen LogP contribution < -0.4 is 5.32 Å². The van der Waals surface area contributed by atoms with E-state index < -0.39 is 0 Å². The quantitative estimate of drug-likeness (QED) is 0.711. The molecule has 0 radical (unpaired) electrons. The lowest BCUT2D eigenvalue weighted by Crippen LogP contribution is -2.36. The van der Waals surface area contributed by atoms with Crippen molar-refractivity contribution in [2.45, 2.75) is 44.7 Å². The van der Waals surface area contributed by atoms with E-state index in [1.54, 1.807) is 12.4 Å². The lowest BCUT2D eigenvalue weighted by Gasteiger charge is -2.19. The third-order valence-electron chi connectivity index (χ3n) is 5.44. The van der Waals surface area contributed by atoms with E-state index in [-0.39, 0.29) is 23.4 Å². The number of rotatable bonds is 4. The van der Waals surface area contributed by atoms with Gasteiger partial charge >= 0.3 is 0 Å². The molecule has 156 valence electrons. The van der Waals surface area contributed by atoms with Crippen LogP contribution in [-0.2, 0) is 5.41 Å². The Balaban J connectivity index is 1.41. The molecule has 0 saturated carbocycles. The lowest BCUT2D eigenvalue weighted by atomic mass is 9.86. The van der Waals surface area contributed by atoms with Crippen molar-refractivity contribution in [2.24, 2.45) is 0 Å². The minimum absolute atomic E-state index is 0.00482. The van der Waals surface area contributed by atoms with Gasteiger partial charge in [0, 0.05) is 30.5 Å². The number of likely N-dealkylation sites (tertiary alicyclic amines) is 1. The first-order chi connectivity index (χ1) is 14.3. The molecule has 1 saturated heterocycles. The number of nitrogens with one attached hydrogen (secondary N) is 1. The topological polar surface area (TPSA) is 97.0 Å². The summed E-state index contributed by atoms with van der Waals surface area (Å²) in [5, 5.41) is 7.18. The normalized spacial score (nSPS) is 19.7. The van der Waals surface area contributed by atoms with Gasteiger partial charge < -0.3 is 9.84 Å². The molecule has 8 heteroatoms. The molecule has 1 aliphatic heterocycles. The zero-order valence-electron chi connectivity index (χ0n) is 17.7. The van der Waals surface area contributed by atoms with Crippen LogP contribution in [-0.4, -0.2) is 50.5 Å². The molecule has 1 fully saturated rings. The number of amides is 1. The smallest absolute Gasteiger partial charge is 0.251 e. The van der Waals surface area contributed by atoms with Crippen LogP contribution in [0.1, 0.15) is 55.0 Å². The van der Waals surface area contributed by atoms with E-state index in [0.717, 1.165) is 0 Å². The summed E-state index contributed by atoms with van der Waals surface area (Å²) in [5.74, 6) is 0.926. The van der Waals surface area contributed by atoms with Crippen molar-refractivity contribution in [3.05, 3.63) is 60.0 Å². The Morgan fingerprint density at radius 1 is 1.17 bits per heavy atom. The predicted molar refractivity (Wildman–Crippen MR) is 112 cm³/mol. The van der Waals surface area contributed by atoms with Gasteiger partial charge in [0.2, 0.25) is 11.7 Å². The van der Waals surface area contributed by atoms with Gasteiger partial charge in [0.15, 0.2) is 0 Å². The average molecular weight is 406 g/mol. The van der Waals surface area contributed by atoms with Gasteiger partial charge in [0.1, 0.15) is 6.33 Å². The van der Waals surface area contributed by atoms with Crippen LogP contribution in [0.2, 0.25) is 0 Å². The second-order valence-electron chi connectivity index (χ2n) is 8.77. The van der Waals surface area contributed by atoms with Gasteiger partial charge in [-0.15, -0.1) is 0 Å². The van der Waals surface area contributed by atoms with Gasteiger partial charge in [-0.05, 0) is 36.6 Å². The summed E-state index contributed by atoms with van der Waals surface area (Å²) in [6.45, 7) is 7.18. The Morgan fingerprint density at radius 2 is 1.87 bits per heavy atom. The van der Waals surface area contributed by atoms with E-state index in [1.165, 1.54) is 11.9 Å². The highest BCUT2D eigenvalue weighted by molar-refractivity contribution is 5.94. The summed E-state index contributed by atoms with van der Waals surface area (Å²) >= 11 is 0. The number of aromatic nitrogens is 4. The number of carbonyl (C=O) groups is 1. The zero-order valence-corrected chi connectivity index (χ0v) is 17.7. The number of hydrogen-bond acceptors (Lipinski definition) is 7. The first-order valence-electron chi connectivity index (χ1n) is 10.0. The average Bonchev–Trinajstić information content (AvgIpc) is 3.35. The highest BCUT2D eigenvalue weighted by Crippen LogP contribution is 2.31. The van der Waals surface area contributed by atoms with Crippen molar-refractivity contribution < 1.29 is 9.32 Å². The highest BCUT2D eigenvalue weighted by atomic mass is 16.5. The van der Waals surface area contributed by atoms with E-state index in [2.05, 4.69) is 51.1 Å². The van der Waals surface area contributed by atoms with E-state index >= 15 is 0 Å². The second kappa shape index (κ2) is 7.95. The number of hydrogen-bond donors (Lipinski definition) is 1. The maximum atomic E-state index is 12.7. The van der Waals surface area contributed by atoms with Gasteiger partial charge in [0.05, 0.1) is 11.6 Å². The number of likely N-dealkylation sites (N-methyl/N-ethyl adjacent to an activating group) is 1. The third kappa shape index (κ3) is 4.23. The monoisotopic (exact) mass is 406 g/mol. The van der Waals surface area contributed by atoms with E-state index in [9.17, 15) is 4.79 Å². The molecule has 4 rings (SSSR count). The van der Waals surface area contributed by atoms with Gasteiger partial charge in [0.25, 0.3) is 5.91 Å². The Kier molecular flexibility index (Phi) is 5.34. The molecular weight excluding hydrogens is 380 g/mol. The fourth-order valence-corrected chi connectivity index (χ4v) is 3.69. The van der Waals surface area contributed by atoms with Gasteiger partial charge in [-0.3, -0.25) is 9.69 Å². The fraction of sp³-hybridized carbons (Fsp3) is 0.409. The standard InChI is InChI=1S/C22H26N6O2/c1-22(2,3)16-7-5-14(6-8-16)20(29)25-17-9-18(28(4)12-17)21-26-19(27-30-21)15-10-23-13-24-11-15/h5-8,10-11,13,17-18H,9,12H2,1-4H3,(H,25,29). The molecule has 3 heterocycles. The second-order valence-corrected chi connectivity index (χ2v) is 8.77. The van der Waals surface area contributed by atoms with Crippen LogP contribution in [0.25, 0.3) is 11.4 Å². The Morgan fingerprint density at radius 3 is 2.53 bits per heavy atom. The van der Waals surface area contributed by atoms with Gasteiger partial charge in [-0.2, -0.15) is 4.98 Å². The molecule has 1 aromatic carbocycles. The fourth-order valence-electron chi connectivity index (χ4n) is 3.69. The summed E-state index contributed by atoms with van der Waals surface area (Å²) in [5.41, 5.74) is 2.64. The molecular formula is C22H26N6O2. The number of benzene rings is 1. The van der Waals surface area contributed by atoms with Crippen LogP contribution in [0, 0.1) is 0 Å². The third-order valence-corrected chi connectivity index (χ3v) is 5.44. The molecule has 2 atom stereocenters. The summed E-state index contributed by atoms with van der Waals surface area (Å²) in [6, 6.07) is 7.77. The first kappa shape index (κ1) is 20.2. The van der Waals surface area contributed by atoms with Crippen molar-refractivity contribution in [1.29, 1.82) is 0 Å². The maximum absolute atomic E-state index is 12.7. The summed E-state index contributed by atoms with van der Waals surface area (Å²) in [6.07, 6.45) is 5.45. The molecule has 1 aliphatic rings.